The second kappa shape index (κ2) is 6.98. The third-order valence-electron chi connectivity index (χ3n) is 3.74. The first-order valence-electron chi connectivity index (χ1n) is 7.63. The van der Waals surface area contributed by atoms with Crippen molar-refractivity contribution in [2.45, 2.75) is 17.3 Å². The van der Waals surface area contributed by atoms with Gasteiger partial charge >= 0.3 is 0 Å². The van der Waals surface area contributed by atoms with Crippen molar-refractivity contribution in [3.63, 3.8) is 0 Å². The number of thioether (sulfide) groups is 1. The molecule has 3 rings (SSSR count). The second-order valence-electron chi connectivity index (χ2n) is 5.42. The van der Waals surface area contributed by atoms with Crippen molar-refractivity contribution < 1.29 is 9.53 Å². The van der Waals surface area contributed by atoms with Gasteiger partial charge in [-0.05, 0) is 31.2 Å². The molecule has 1 heterocycles. The third-order valence-corrected chi connectivity index (χ3v) is 4.81. The van der Waals surface area contributed by atoms with E-state index in [0.29, 0.717) is 27.5 Å². The standard InChI is InChI=1S/C18H17N3O3S/c1-11(16(19)22)25-18-20-15-9-4-3-8-14(15)17(23)21(18)12-6-5-7-13(10-12)24-2/h3-11H,1-2H3,(H2,19,22). The van der Waals surface area contributed by atoms with E-state index >= 15 is 0 Å². The van der Waals surface area contributed by atoms with Crippen LogP contribution >= 0.6 is 11.8 Å². The molecule has 7 heteroatoms. The van der Waals surface area contributed by atoms with Crippen molar-refractivity contribution in [1.29, 1.82) is 0 Å². The maximum absolute atomic E-state index is 13.1. The number of carbonyl (C=O) groups excluding carboxylic acids is 1. The van der Waals surface area contributed by atoms with Crippen LogP contribution in [0.4, 0.5) is 0 Å². The molecule has 0 aliphatic rings. The molecule has 2 aromatic carbocycles. The van der Waals surface area contributed by atoms with Crippen molar-refractivity contribution in [2.75, 3.05) is 7.11 Å². The molecule has 0 saturated carbocycles. The molecular weight excluding hydrogens is 338 g/mol. The lowest BCUT2D eigenvalue weighted by Crippen LogP contribution is -2.26. The summed E-state index contributed by atoms with van der Waals surface area (Å²) in [6, 6.07) is 14.2. The molecule has 0 saturated heterocycles. The molecular formula is C18H17N3O3S. The molecule has 0 radical (unpaired) electrons. The van der Waals surface area contributed by atoms with E-state index in [9.17, 15) is 9.59 Å². The van der Waals surface area contributed by atoms with Crippen LogP contribution in [0.15, 0.2) is 58.5 Å². The molecule has 1 unspecified atom stereocenters. The van der Waals surface area contributed by atoms with E-state index in [1.165, 1.54) is 4.57 Å². The zero-order chi connectivity index (χ0) is 18.0. The number of benzene rings is 2. The van der Waals surface area contributed by atoms with Gasteiger partial charge in [0.1, 0.15) is 5.75 Å². The van der Waals surface area contributed by atoms with Crippen molar-refractivity contribution in [3.05, 3.63) is 58.9 Å². The number of nitrogens with zero attached hydrogens (tertiary/aromatic N) is 2. The molecule has 0 spiro atoms. The van der Waals surface area contributed by atoms with Crippen LogP contribution in [0.3, 0.4) is 0 Å². The Kier molecular flexibility index (Phi) is 4.76. The minimum absolute atomic E-state index is 0.210. The number of hydrogen-bond donors (Lipinski definition) is 1. The number of ether oxygens (including phenoxy) is 1. The second-order valence-corrected chi connectivity index (χ2v) is 6.72. The van der Waals surface area contributed by atoms with Crippen LogP contribution < -0.4 is 16.0 Å². The monoisotopic (exact) mass is 355 g/mol. The summed E-state index contributed by atoms with van der Waals surface area (Å²) in [5.41, 5.74) is 6.35. The quantitative estimate of drug-likeness (QED) is 0.561. The Morgan fingerprint density at radius 1 is 1.24 bits per heavy atom. The number of rotatable bonds is 5. The Bertz CT molecular complexity index is 1000. The smallest absolute Gasteiger partial charge is 0.266 e. The minimum atomic E-state index is -0.523. The maximum Gasteiger partial charge on any atom is 0.266 e. The molecule has 25 heavy (non-hydrogen) atoms. The fourth-order valence-corrected chi connectivity index (χ4v) is 3.26. The first kappa shape index (κ1) is 17.0. The first-order chi connectivity index (χ1) is 12.0. The van der Waals surface area contributed by atoms with Gasteiger partial charge in [0.05, 0.1) is 29.0 Å². The third kappa shape index (κ3) is 3.36. The van der Waals surface area contributed by atoms with E-state index in [1.807, 2.05) is 6.07 Å². The van der Waals surface area contributed by atoms with Crippen LogP contribution in [0.2, 0.25) is 0 Å². The van der Waals surface area contributed by atoms with Gasteiger partial charge in [0.15, 0.2) is 5.16 Å². The average Bonchev–Trinajstić information content (AvgIpc) is 2.62. The summed E-state index contributed by atoms with van der Waals surface area (Å²) in [4.78, 5) is 29.1. The Balaban J connectivity index is 2.28. The summed E-state index contributed by atoms with van der Waals surface area (Å²) in [6.07, 6.45) is 0. The molecule has 0 aliphatic heterocycles. The number of primary amides is 1. The lowest BCUT2D eigenvalue weighted by Gasteiger charge is -2.15. The lowest BCUT2D eigenvalue weighted by molar-refractivity contribution is -0.117. The average molecular weight is 355 g/mol. The fraction of sp³-hybridized carbons (Fsp3) is 0.167. The van der Waals surface area contributed by atoms with Gasteiger partial charge in [-0.25, -0.2) is 4.98 Å². The van der Waals surface area contributed by atoms with Gasteiger partial charge in [0.2, 0.25) is 5.91 Å². The van der Waals surface area contributed by atoms with E-state index in [1.54, 1.807) is 56.5 Å². The number of amides is 1. The largest absolute Gasteiger partial charge is 0.497 e. The topological polar surface area (TPSA) is 87.2 Å². The normalized spacial score (nSPS) is 12.1. The van der Waals surface area contributed by atoms with Crippen LogP contribution in [0.5, 0.6) is 5.75 Å². The molecule has 0 aliphatic carbocycles. The molecule has 6 nitrogen and oxygen atoms in total. The van der Waals surface area contributed by atoms with Gasteiger partial charge in [-0.15, -0.1) is 0 Å². The number of hydrogen-bond acceptors (Lipinski definition) is 5. The van der Waals surface area contributed by atoms with Gasteiger partial charge in [-0.2, -0.15) is 0 Å². The lowest BCUT2D eigenvalue weighted by atomic mass is 10.2. The molecule has 3 aromatic rings. The van der Waals surface area contributed by atoms with E-state index in [4.69, 9.17) is 10.5 Å². The summed E-state index contributed by atoms with van der Waals surface area (Å²) in [5.74, 6) is 0.154. The van der Waals surface area contributed by atoms with Crippen molar-refractivity contribution >= 4 is 28.6 Å². The summed E-state index contributed by atoms with van der Waals surface area (Å²) >= 11 is 1.15. The highest BCUT2D eigenvalue weighted by atomic mass is 32.2. The molecule has 0 fully saturated rings. The highest BCUT2D eigenvalue weighted by molar-refractivity contribution is 8.00. The predicted octanol–water partition coefficient (Wildman–Crippen LogP) is 2.36. The summed E-state index contributed by atoms with van der Waals surface area (Å²) in [6.45, 7) is 1.68. The highest BCUT2D eigenvalue weighted by Crippen LogP contribution is 2.26. The minimum Gasteiger partial charge on any atom is -0.497 e. The van der Waals surface area contributed by atoms with Crippen molar-refractivity contribution in [2.24, 2.45) is 5.73 Å². The Labute approximate surface area is 148 Å². The Hall–Kier alpha value is -2.80. The highest BCUT2D eigenvalue weighted by Gasteiger charge is 2.18. The SMILES string of the molecule is COc1cccc(-n2c(SC(C)C(N)=O)nc3ccccc3c2=O)c1. The summed E-state index contributed by atoms with van der Waals surface area (Å²) < 4.78 is 6.73. The number of para-hydroxylation sites is 1. The Morgan fingerprint density at radius 2 is 2.00 bits per heavy atom. The number of fused-ring (bicyclic) bond motifs is 1. The molecule has 2 N–H and O–H groups in total. The van der Waals surface area contributed by atoms with Crippen LogP contribution in [-0.2, 0) is 4.79 Å². The number of carbonyl (C=O) groups is 1. The van der Waals surface area contributed by atoms with Gasteiger partial charge in [0.25, 0.3) is 5.56 Å². The number of methoxy groups -OCH3 is 1. The molecule has 128 valence electrons. The van der Waals surface area contributed by atoms with Crippen LogP contribution in [0, 0.1) is 0 Å². The van der Waals surface area contributed by atoms with Crippen molar-refractivity contribution in [1.82, 2.24) is 9.55 Å². The van der Waals surface area contributed by atoms with Crippen LogP contribution in [-0.4, -0.2) is 27.8 Å². The van der Waals surface area contributed by atoms with E-state index < -0.39 is 11.2 Å². The van der Waals surface area contributed by atoms with Gasteiger partial charge in [0, 0.05) is 6.07 Å². The van der Waals surface area contributed by atoms with E-state index in [0.717, 1.165) is 11.8 Å². The number of aromatic nitrogens is 2. The first-order valence-corrected chi connectivity index (χ1v) is 8.51. The van der Waals surface area contributed by atoms with E-state index in [2.05, 4.69) is 4.98 Å². The van der Waals surface area contributed by atoms with Crippen LogP contribution in [0.25, 0.3) is 16.6 Å². The zero-order valence-electron chi connectivity index (χ0n) is 13.8. The summed E-state index contributed by atoms with van der Waals surface area (Å²) in [5, 5.41) is 0.384. The molecule has 1 aromatic heterocycles. The predicted molar refractivity (Wildman–Crippen MR) is 98.4 cm³/mol. The molecule has 1 amide bonds. The summed E-state index contributed by atoms with van der Waals surface area (Å²) in [7, 11) is 1.56. The van der Waals surface area contributed by atoms with Gasteiger partial charge < -0.3 is 10.5 Å². The maximum atomic E-state index is 13.1. The molecule has 0 bridgehead atoms. The van der Waals surface area contributed by atoms with E-state index in [-0.39, 0.29) is 5.56 Å². The molecule has 1 atom stereocenters. The van der Waals surface area contributed by atoms with Crippen LogP contribution in [0.1, 0.15) is 6.92 Å². The zero-order valence-corrected chi connectivity index (χ0v) is 14.6. The van der Waals surface area contributed by atoms with Gasteiger partial charge in [-0.3, -0.25) is 14.2 Å². The van der Waals surface area contributed by atoms with Gasteiger partial charge in [-0.1, -0.05) is 30.0 Å². The fourth-order valence-electron chi connectivity index (χ4n) is 2.38. The Morgan fingerprint density at radius 3 is 2.72 bits per heavy atom. The number of nitrogens with two attached hydrogens (primary N) is 1. The van der Waals surface area contributed by atoms with Crippen molar-refractivity contribution in [3.8, 4) is 11.4 Å².